The number of pyridine rings is 1. The number of nitrogen functional groups attached to an aromatic ring is 1. The van der Waals surface area contributed by atoms with Crippen LogP contribution in [0.2, 0.25) is 0 Å². The van der Waals surface area contributed by atoms with Crippen molar-refractivity contribution in [3.05, 3.63) is 65.4 Å². The van der Waals surface area contributed by atoms with Gasteiger partial charge in [0.15, 0.2) is 0 Å². The molecule has 5 rings (SSSR count). The molecule has 2 aromatic carbocycles. The number of methoxy groups -OCH3 is 1. The van der Waals surface area contributed by atoms with Gasteiger partial charge >= 0.3 is 0 Å². The number of anilines is 1. The van der Waals surface area contributed by atoms with Crippen LogP contribution in [0.4, 0.5) is 5.69 Å². The fourth-order valence-electron chi connectivity index (χ4n) is 3.92. The van der Waals surface area contributed by atoms with E-state index >= 15 is 0 Å². The summed E-state index contributed by atoms with van der Waals surface area (Å²) in [4.78, 5) is 19.7. The maximum Gasteiger partial charge on any atom is 0.252 e. The third-order valence-corrected chi connectivity index (χ3v) is 6.13. The Morgan fingerprint density at radius 1 is 1.19 bits per heavy atom. The Morgan fingerprint density at radius 2 is 1.94 bits per heavy atom. The van der Waals surface area contributed by atoms with Crippen LogP contribution in [-0.4, -0.2) is 43.0 Å². The minimum Gasteiger partial charge on any atom is -0.497 e. The third kappa shape index (κ3) is 4.49. The molecule has 3 aromatic rings. The fraction of sp³-hybridized carbons (Fsp3) is 0.360. The summed E-state index contributed by atoms with van der Waals surface area (Å²) in [6.07, 6.45) is 4.93. The summed E-state index contributed by atoms with van der Waals surface area (Å²) in [5.41, 5.74) is 9.78. The molecule has 0 atom stereocenters. The second-order valence-electron chi connectivity index (χ2n) is 8.51. The van der Waals surface area contributed by atoms with Crippen molar-refractivity contribution in [2.45, 2.75) is 31.7 Å². The zero-order valence-electron chi connectivity index (χ0n) is 18.4. The lowest BCUT2D eigenvalue weighted by atomic mass is 9.97. The molecule has 0 radical (unpaired) electrons. The Morgan fingerprint density at radius 3 is 2.55 bits per heavy atom. The van der Waals surface area contributed by atoms with Crippen molar-refractivity contribution in [2.24, 2.45) is 0 Å². The van der Waals surface area contributed by atoms with E-state index in [9.17, 15) is 4.79 Å². The number of nitrogens with zero attached hydrogens (tertiary/aromatic N) is 2. The van der Waals surface area contributed by atoms with E-state index in [4.69, 9.17) is 10.5 Å². The minimum atomic E-state index is -0.386. The number of ether oxygens (including phenoxy) is 1. The Labute approximate surface area is 183 Å². The molecule has 162 valence electrons. The summed E-state index contributed by atoms with van der Waals surface area (Å²) < 4.78 is 5.26. The number of likely N-dealkylation sites (tertiary alicyclic amines) is 1. The number of aryl methyl sites for hydroxylation is 1. The Kier molecular flexibility index (Phi) is 5.83. The average Bonchev–Trinajstić information content (AvgIpc) is 3.52. The quantitative estimate of drug-likeness (QED) is 0.629. The predicted octanol–water partition coefficient (Wildman–Crippen LogP) is 3.88. The van der Waals surface area contributed by atoms with Crippen LogP contribution in [-0.2, 0) is 5.54 Å². The van der Waals surface area contributed by atoms with E-state index in [1.165, 1.54) is 19.5 Å². The zero-order valence-corrected chi connectivity index (χ0v) is 18.4. The van der Waals surface area contributed by atoms with Crippen molar-refractivity contribution in [2.75, 3.05) is 33.0 Å². The molecule has 2 aliphatic rings. The number of fused-ring (bicyclic) bond motifs is 1. The Balaban J connectivity index is 0.000000407. The van der Waals surface area contributed by atoms with Crippen LogP contribution >= 0.6 is 0 Å². The monoisotopic (exact) mass is 418 g/mol. The molecule has 1 aliphatic carbocycles. The molecule has 1 amide bonds. The first-order chi connectivity index (χ1) is 14.9. The predicted molar refractivity (Wildman–Crippen MR) is 124 cm³/mol. The number of hydrogen-bond donors (Lipinski definition) is 2. The number of carbonyl (C=O) groups is 1. The average molecular weight is 419 g/mol. The van der Waals surface area contributed by atoms with Gasteiger partial charge in [-0.2, -0.15) is 0 Å². The van der Waals surface area contributed by atoms with Gasteiger partial charge < -0.3 is 20.7 Å². The molecular formula is C25H30N4O2. The van der Waals surface area contributed by atoms with Crippen molar-refractivity contribution in [3.63, 3.8) is 0 Å². The number of benzene rings is 2. The molecular weight excluding hydrogens is 388 g/mol. The minimum absolute atomic E-state index is 0.0987. The summed E-state index contributed by atoms with van der Waals surface area (Å²) in [5, 5.41) is 4.26. The standard InChI is InChI=1S/C21H21N3O2.C4H9N/c1-13-5-6-15(26-2)12-17(13)20(25)24-21(7-8-21)18-10-14(22)11-19-16(18)4-3-9-23-19;1-5-3-2-4-5/h3-6,9-12H,7-8,22H2,1-2H3,(H,24,25);2-4H2,1H3. The van der Waals surface area contributed by atoms with Crippen LogP contribution in [0, 0.1) is 6.92 Å². The second kappa shape index (κ2) is 8.55. The van der Waals surface area contributed by atoms with E-state index in [0.29, 0.717) is 17.0 Å². The smallest absolute Gasteiger partial charge is 0.252 e. The van der Waals surface area contributed by atoms with E-state index in [-0.39, 0.29) is 11.4 Å². The van der Waals surface area contributed by atoms with Gasteiger partial charge in [0.2, 0.25) is 0 Å². The summed E-state index contributed by atoms with van der Waals surface area (Å²) >= 11 is 0. The van der Waals surface area contributed by atoms with Gasteiger partial charge in [-0.3, -0.25) is 9.78 Å². The SMILES string of the molecule is CN1CCC1.COc1ccc(C)c(C(=O)NC2(c3cc(N)cc4ncccc34)CC2)c1. The zero-order chi connectivity index (χ0) is 22.0. The number of amides is 1. The van der Waals surface area contributed by atoms with E-state index in [0.717, 1.165) is 34.9 Å². The van der Waals surface area contributed by atoms with Gasteiger partial charge in [-0.05, 0) is 87.8 Å². The number of nitrogens with one attached hydrogen (secondary N) is 1. The molecule has 0 unspecified atom stereocenters. The second-order valence-corrected chi connectivity index (χ2v) is 8.51. The van der Waals surface area contributed by atoms with Gasteiger partial charge in [-0.15, -0.1) is 0 Å². The fourth-order valence-corrected chi connectivity index (χ4v) is 3.92. The summed E-state index contributed by atoms with van der Waals surface area (Å²) in [7, 11) is 3.74. The molecule has 2 fully saturated rings. The van der Waals surface area contributed by atoms with Crippen LogP contribution in [0.25, 0.3) is 10.9 Å². The lowest BCUT2D eigenvalue weighted by Crippen LogP contribution is -2.35. The van der Waals surface area contributed by atoms with Gasteiger partial charge in [0, 0.05) is 22.8 Å². The molecule has 0 spiro atoms. The topological polar surface area (TPSA) is 80.5 Å². The maximum absolute atomic E-state index is 13.0. The van der Waals surface area contributed by atoms with Crippen molar-refractivity contribution in [3.8, 4) is 5.75 Å². The van der Waals surface area contributed by atoms with Crippen molar-refractivity contribution in [1.29, 1.82) is 0 Å². The van der Waals surface area contributed by atoms with E-state index in [2.05, 4.69) is 22.2 Å². The highest BCUT2D eigenvalue weighted by molar-refractivity contribution is 5.97. The van der Waals surface area contributed by atoms with Crippen LogP contribution in [0.1, 0.15) is 40.7 Å². The molecule has 3 N–H and O–H groups in total. The van der Waals surface area contributed by atoms with Gasteiger partial charge in [0.05, 0.1) is 18.2 Å². The third-order valence-electron chi connectivity index (χ3n) is 6.13. The molecule has 6 heteroatoms. The maximum atomic E-state index is 13.0. The summed E-state index contributed by atoms with van der Waals surface area (Å²) in [6, 6.07) is 13.3. The molecule has 1 saturated carbocycles. The first-order valence-corrected chi connectivity index (χ1v) is 10.7. The van der Waals surface area contributed by atoms with Crippen LogP contribution < -0.4 is 15.8 Å². The molecule has 0 bridgehead atoms. The highest BCUT2D eigenvalue weighted by atomic mass is 16.5. The lowest BCUT2D eigenvalue weighted by molar-refractivity contribution is 0.0930. The van der Waals surface area contributed by atoms with Gasteiger partial charge in [-0.1, -0.05) is 12.1 Å². The van der Waals surface area contributed by atoms with Gasteiger partial charge in [0.1, 0.15) is 5.75 Å². The molecule has 2 heterocycles. The number of aromatic nitrogens is 1. The molecule has 6 nitrogen and oxygen atoms in total. The van der Waals surface area contributed by atoms with Gasteiger partial charge in [-0.25, -0.2) is 0 Å². The van der Waals surface area contributed by atoms with Crippen LogP contribution in [0.5, 0.6) is 5.75 Å². The van der Waals surface area contributed by atoms with Crippen molar-refractivity contribution in [1.82, 2.24) is 15.2 Å². The number of carbonyl (C=O) groups excluding carboxylic acids is 1. The molecule has 31 heavy (non-hydrogen) atoms. The normalized spacial score (nSPS) is 16.6. The first kappa shape index (κ1) is 21.1. The molecule has 1 aliphatic heterocycles. The van der Waals surface area contributed by atoms with E-state index in [1.54, 1.807) is 19.4 Å². The van der Waals surface area contributed by atoms with Crippen molar-refractivity contribution < 1.29 is 9.53 Å². The Hall–Kier alpha value is -3.12. The van der Waals surface area contributed by atoms with E-state index < -0.39 is 0 Å². The summed E-state index contributed by atoms with van der Waals surface area (Å²) in [6.45, 7) is 4.56. The molecule has 1 aromatic heterocycles. The summed E-state index contributed by atoms with van der Waals surface area (Å²) in [5.74, 6) is 0.572. The largest absolute Gasteiger partial charge is 0.497 e. The van der Waals surface area contributed by atoms with Gasteiger partial charge in [0.25, 0.3) is 5.91 Å². The van der Waals surface area contributed by atoms with Crippen LogP contribution in [0.15, 0.2) is 48.7 Å². The Bertz CT molecular complexity index is 1100. The van der Waals surface area contributed by atoms with E-state index in [1.807, 2.05) is 43.3 Å². The number of rotatable bonds is 4. The highest BCUT2D eigenvalue weighted by Crippen LogP contribution is 2.48. The lowest BCUT2D eigenvalue weighted by Gasteiger charge is -2.24. The highest BCUT2D eigenvalue weighted by Gasteiger charge is 2.47. The number of nitrogens with two attached hydrogens (primary N) is 1. The number of hydrogen-bond acceptors (Lipinski definition) is 5. The van der Waals surface area contributed by atoms with Crippen LogP contribution in [0.3, 0.4) is 0 Å². The first-order valence-electron chi connectivity index (χ1n) is 10.7. The molecule has 1 saturated heterocycles. The van der Waals surface area contributed by atoms with Crippen molar-refractivity contribution >= 4 is 22.5 Å².